The van der Waals surface area contributed by atoms with E-state index in [-0.39, 0.29) is 0 Å². The topological polar surface area (TPSA) is 35.2 Å². The highest BCUT2D eigenvalue weighted by molar-refractivity contribution is 5.48. The minimum atomic E-state index is 0.753. The maximum Gasteiger partial charge on any atom is 0.130 e. The summed E-state index contributed by atoms with van der Waals surface area (Å²) >= 11 is 0. The standard InChI is InChI=1S/C20H19NO/c1-15-13-18(21)9-12-20(15)22-19-10-7-17(8-11-19)14-16-5-3-2-4-6-16/h2-13H,14,21H2,1H3. The van der Waals surface area contributed by atoms with Crippen LogP contribution in [0.5, 0.6) is 11.5 Å². The van der Waals surface area contributed by atoms with Crippen LogP contribution < -0.4 is 10.5 Å². The lowest BCUT2D eigenvalue weighted by molar-refractivity contribution is 0.479. The Bertz CT molecular complexity index is 748. The van der Waals surface area contributed by atoms with Crippen LogP contribution in [-0.2, 0) is 6.42 Å². The van der Waals surface area contributed by atoms with Crippen molar-refractivity contribution in [2.45, 2.75) is 13.3 Å². The van der Waals surface area contributed by atoms with Crippen LogP contribution in [0.3, 0.4) is 0 Å². The Morgan fingerprint density at radius 3 is 2.18 bits per heavy atom. The summed E-state index contributed by atoms with van der Waals surface area (Å²) in [5, 5.41) is 0. The summed E-state index contributed by atoms with van der Waals surface area (Å²) in [6.07, 6.45) is 0.933. The molecule has 110 valence electrons. The lowest BCUT2D eigenvalue weighted by Crippen LogP contribution is -1.91. The maximum absolute atomic E-state index is 5.91. The van der Waals surface area contributed by atoms with Crippen molar-refractivity contribution in [2.24, 2.45) is 0 Å². The van der Waals surface area contributed by atoms with E-state index < -0.39 is 0 Å². The first kappa shape index (κ1) is 14.2. The van der Waals surface area contributed by atoms with Crippen molar-refractivity contribution in [1.29, 1.82) is 0 Å². The lowest BCUT2D eigenvalue weighted by Gasteiger charge is -2.10. The van der Waals surface area contributed by atoms with Gasteiger partial charge in [0.25, 0.3) is 0 Å². The average molecular weight is 289 g/mol. The molecule has 0 amide bonds. The van der Waals surface area contributed by atoms with Crippen molar-refractivity contribution in [3.63, 3.8) is 0 Å². The average Bonchev–Trinajstić information content (AvgIpc) is 2.53. The molecule has 0 bridgehead atoms. The number of nitrogens with two attached hydrogens (primary N) is 1. The van der Waals surface area contributed by atoms with Crippen LogP contribution in [0.15, 0.2) is 72.8 Å². The molecule has 0 heterocycles. The first-order valence-electron chi connectivity index (χ1n) is 7.37. The Morgan fingerprint density at radius 1 is 0.818 bits per heavy atom. The number of ether oxygens (including phenoxy) is 1. The van der Waals surface area contributed by atoms with Crippen molar-refractivity contribution in [1.82, 2.24) is 0 Å². The molecule has 0 atom stereocenters. The van der Waals surface area contributed by atoms with E-state index in [1.54, 1.807) is 0 Å². The smallest absolute Gasteiger partial charge is 0.130 e. The van der Waals surface area contributed by atoms with Crippen molar-refractivity contribution in [3.05, 3.63) is 89.5 Å². The van der Waals surface area contributed by atoms with Gasteiger partial charge in [-0.25, -0.2) is 0 Å². The van der Waals surface area contributed by atoms with Crippen molar-refractivity contribution in [2.75, 3.05) is 5.73 Å². The minimum Gasteiger partial charge on any atom is -0.457 e. The Labute approximate surface area is 131 Å². The third kappa shape index (κ3) is 3.47. The second-order valence-corrected chi connectivity index (χ2v) is 5.43. The minimum absolute atomic E-state index is 0.753. The van der Waals surface area contributed by atoms with Crippen molar-refractivity contribution < 1.29 is 4.74 Å². The Morgan fingerprint density at radius 2 is 1.50 bits per heavy atom. The second kappa shape index (κ2) is 6.35. The zero-order valence-electron chi connectivity index (χ0n) is 12.6. The Balaban J connectivity index is 1.71. The summed E-state index contributed by atoms with van der Waals surface area (Å²) in [5.74, 6) is 1.68. The highest BCUT2D eigenvalue weighted by Crippen LogP contribution is 2.26. The number of aryl methyl sites for hydroxylation is 1. The molecule has 3 aromatic rings. The maximum atomic E-state index is 5.91. The van der Waals surface area contributed by atoms with Crippen LogP contribution in [0.4, 0.5) is 5.69 Å². The zero-order valence-corrected chi connectivity index (χ0v) is 12.6. The summed E-state index contributed by atoms with van der Waals surface area (Å²) in [7, 11) is 0. The van der Waals surface area contributed by atoms with E-state index in [1.807, 2.05) is 43.3 Å². The molecule has 0 aliphatic rings. The molecule has 0 aliphatic carbocycles. The van der Waals surface area contributed by atoms with E-state index in [2.05, 4.69) is 36.4 Å². The summed E-state index contributed by atoms with van der Waals surface area (Å²) < 4.78 is 5.91. The number of anilines is 1. The van der Waals surface area contributed by atoms with Gasteiger partial charge in [-0.2, -0.15) is 0 Å². The van der Waals surface area contributed by atoms with E-state index in [0.717, 1.165) is 29.2 Å². The highest BCUT2D eigenvalue weighted by atomic mass is 16.5. The summed E-state index contributed by atoms with van der Waals surface area (Å²) in [6.45, 7) is 2.00. The molecule has 0 aliphatic heterocycles. The molecule has 3 aromatic carbocycles. The Kier molecular flexibility index (Phi) is 4.10. The summed E-state index contributed by atoms with van der Waals surface area (Å²) in [4.78, 5) is 0. The van der Waals surface area contributed by atoms with E-state index in [9.17, 15) is 0 Å². The molecule has 22 heavy (non-hydrogen) atoms. The normalized spacial score (nSPS) is 10.4. The molecule has 3 rings (SSSR count). The molecule has 0 fully saturated rings. The number of hydrogen-bond acceptors (Lipinski definition) is 2. The first-order valence-corrected chi connectivity index (χ1v) is 7.37. The van der Waals surface area contributed by atoms with Crippen LogP contribution in [0.25, 0.3) is 0 Å². The number of rotatable bonds is 4. The van der Waals surface area contributed by atoms with Gasteiger partial charge < -0.3 is 10.5 Å². The predicted octanol–water partition coefficient (Wildman–Crippen LogP) is 4.96. The molecular formula is C20H19NO. The number of nitrogen functional groups attached to an aromatic ring is 1. The van der Waals surface area contributed by atoms with E-state index >= 15 is 0 Å². The quantitative estimate of drug-likeness (QED) is 0.689. The fraction of sp³-hybridized carbons (Fsp3) is 0.100. The molecule has 0 unspecified atom stereocenters. The fourth-order valence-corrected chi connectivity index (χ4v) is 2.42. The van der Waals surface area contributed by atoms with Crippen LogP contribution >= 0.6 is 0 Å². The van der Waals surface area contributed by atoms with Gasteiger partial charge in [-0.15, -0.1) is 0 Å². The molecule has 2 heteroatoms. The van der Waals surface area contributed by atoms with E-state index in [4.69, 9.17) is 10.5 Å². The summed E-state index contributed by atoms with van der Waals surface area (Å²) in [6, 6.07) is 24.4. The molecule has 0 saturated heterocycles. The van der Waals surface area contributed by atoms with Gasteiger partial charge in [-0.05, 0) is 60.4 Å². The third-order valence-corrected chi connectivity index (χ3v) is 3.60. The SMILES string of the molecule is Cc1cc(N)ccc1Oc1ccc(Cc2ccccc2)cc1. The first-order chi connectivity index (χ1) is 10.7. The number of hydrogen-bond donors (Lipinski definition) is 1. The monoisotopic (exact) mass is 289 g/mol. The van der Waals surface area contributed by atoms with Crippen LogP contribution in [0, 0.1) is 6.92 Å². The van der Waals surface area contributed by atoms with Gasteiger partial charge in [0.2, 0.25) is 0 Å². The van der Waals surface area contributed by atoms with Crippen LogP contribution in [0.2, 0.25) is 0 Å². The lowest BCUT2D eigenvalue weighted by atomic mass is 10.1. The molecule has 0 spiro atoms. The van der Waals surface area contributed by atoms with Crippen molar-refractivity contribution in [3.8, 4) is 11.5 Å². The Hall–Kier alpha value is -2.74. The molecule has 0 saturated carbocycles. The highest BCUT2D eigenvalue weighted by Gasteiger charge is 2.02. The molecule has 2 nitrogen and oxygen atoms in total. The van der Waals surface area contributed by atoms with Crippen LogP contribution in [0.1, 0.15) is 16.7 Å². The van der Waals surface area contributed by atoms with Gasteiger partial charge in [0, 0.05) is 5.69 Å². The van der Waals surface area contributed by atoms with Gasteiger partial charge >= 0.3 is 0 Å². The number of benzene rings is 3. The largest absolute Gasteiger partial charge is 0.457 e. The van der Waals surface area contributed by atoms with Gasteiger partial charge in [0.05, 0.1) is 0 Å². The molecule has 2 N–H and O–H groups in total. The summed E-state index contributed by atoms with van der Waals surface area (Å²) in [5.41, 5.74) is 10.1. The van der Waals surface area contributed by atoms with Gasteiger partial charge in [0.1, 0.15) is 11.5 Å². The second-order valence-electron chi connectivity index (χ2n) is 5.43. The van der Waals surface area contributed by atoms with Gasteiger partial charge in [-0.3, -0.25) is 0 Å². The van der Waals surface area contributed by atoms with Crippen molar-refractivity contribution >= 4 is 5.69 Å². The molecular weight excluding hydrogens is 270 g/mol. The fourth-order valence-electron chi connectivity index (χ4n) is 2.42. The van der Waals surface area contributed by atoms with Crippen LogP contribution in [-0.4, -0.2) is 0 Å². The van der Waals surface area contributed by atoms with E-state index in [0.29, 0.717) is 0 Å². The molecule has 0 radical (unpaired) electrons. The third-order valence-electron chi connectivity index (χ3n) is 3.60. The predicted molar refractivity (Wildman–Crippen MR) is 91.4 cm³/mol. The van der Waals surface area contributed by atoms with E-state index in [1.165, 1.54) is 11.1 Å². The zero-order chi connectivity index (χ0) is 15.4. The van der Waals surface area contributed by atoms with Gasteiger partial charge in [0.15, 0.2) is 0 Å². The molecule has 0 aromatic heterocycles. The van der Waals surface area contributed by atoms with Gasteiger partial charge in [-0.1, -0.05) is 42.5 Å².